The molecule has 37 heavy (non-hydrogen) atoms. The number of ketones is 1. The summed E-state index contributed by atoms with van der Waals surface area (Å²) in [5.74, 6) is 2.06. The SMILES string of the molecule is O=C(Cc1ccccc1)c1cccc(Oc2ccc(Nc3ncnc4ccn(CCO)c34)cc2CI)c1. The first-order valence-electron chi connectivity index (χ1n) is 11.9. The number of carbonyl (C=O) groups is 1. The molecule has 0 saturated heterocycles. The summed E-state index contributed by atoms with van der Waals surface area (Å²) in [5, 5.41) is 12.8. The molecule has 2 heterocycles. The number of benzene rings is 3. The zero-order chi connectivity index (χ0) is 25.6. The highest BCUT2D eigenvalue weighted by Gasteiger charge is 2.13. The second-order valence-electron chi connectivity index (χ2n) is 8.49. The molecule has 0 spiro atoms. The van der Waals surface area contributed by atoms with Crippen molar-refractivity contribution in [2.75, 3.05) is 11.9 Å². The molecule has 0 unspecified atom stereocenters. The predicted octanol–water partition coefficient (Wildman–Crippen LogP) is 6.32. The minimum Gasteiger partial charge on any atom is -0.457 e. The van der Waals surface area contributed by atoms with Gasteiger partial charge in [-0.25, -0.2) is 9.97 Å². The third kappa shape index (κ3) is 5.81. The second-order valence-corrected chi connectivity index (χ2v) is 9.25. The molecule has 0 amide bonds. The number of hydrogen-bond donors (Lipinski definition) is 2. The van der Waals surface area contributed by atoms with E-state index in [0.29, 0.717) is 30.1 Å². The predicted molar refractivity (Wildman–Crippen MR) is 153 cm³/mol. The maximum atomic E-state index is 12.8. The quantitative estimate of drug-likeness (QED) is 0.110. The maximum absolute atomic E-state index is 12.8. The number of nitrogens with one attached hydrogen (secondary N) is 1. The van der Waals surface area contributed by atoms with Gasteiger partial charge in [0.1, 0.15) is 23.3 Å². The summed E-state index contributed by atoms with van der Waals surface area (Å²) in [7, 11) is 0. The van der Waals surface area contributed by atoms with Gasteiger partial charge in [-0.15, -0.1) is 0 Å². The van der Waals surface area contributed by atoms with Crippen molar-refractivity contribution in [3.63, 3.8) is 0 Å². The number of aromatic nitrogens is 3. The lowest BCUT2D eigenvalue weighted by molar-refractivity contribution is 0.0992. The fourth-order valence-corrected chi connectivity index (χ4v) is 4.76. The first kappa shape index (κ1) is 24.9. The molecule has 8 heteroatoms. The van der Waals surface area contributed by atoms with Crippen molar-refractivity contribution in [1.29, 1.82) is 0 Å². The molecular formula is C29H25IN4O3. The number of hydrogen-bond acceptors (Lipinski definition) is 6. The van der Waals surface area contributed by atoms with E-state index in [9.17, 15) is 9.90 Å². The molecule has 0 aliphatic carbocycles. The lowest BCUT2D eigenvalue weighted by atomic mass is 10.0. The molecule has 0 aliphatic heterocycles. The molecule has 186 valence electrons. The van der Waals surface area contributed by atoms with Crippen molar-refractivity contribution in [3.05, 3.63) is 108 Å². The van der Waals surface area contributed by atoms with Gasteiger partial charge in [0.05, 0.1) is 12.1 Å². The summed E-state index contributed by atoms with van der Waals surface area (Å²) in [5.41, 5.74) is 5.12. The molecule has 0 atom stereocenters. The van der Waals surface area contributed by atoms with Crippen LogP contribution in [0.25, 0.3) is 11.0 Å². The highest BCUT2D eigenvalue weighted by molar-refractivity contribution is 14.1. The Morgan fingerprint density at radius 1 is 1.00 bits per heavy atom. The molecular weight excluding hydrogens is 579 g/mol. The van der Waals surface area contributed by atoms with E-state index in [1.165, 1.54) is 6.33 Å². The molecule has 0 fully saturated rings. The van der Waals surface area contributed by atoms with E-state index >= 15 is 0 Å². The van der Waals surface area contributed by atoms with Gasteiger partial charge < -0.3 is 19.7 Å². The Bertz CT molecular complexity index is 1540. The van der Waals surface area contributed by atoms with Crippen LogP contribution >= 0.6 is 22.6 Å². The number of Topliss-reactive ketones (excluding diaryl/α,β-unsaturated/α-hetero) is 1. The number of alkyl halides is 1. The van der Waals surface area contributed by atoms with Gasteiger partial charge in [0.2, 0.25) is 0 Å². The minimum atomic E-state index is 0.0299. The van der Waals surface area contributed by atoms with E-state index in [0.717, 1.165) is 38.0 Å². The van der Waals surface area contributed by atoms with E-state index in [2.05, 4.69) is 37.9 Å². The molecule has 0 aliphatic rings. The molecule has 0 bridgehead atoms. The Labute approximate surface area is 228 Å². The minimum absolute atomic E-state index is 0.0299. The zero-order valence-electron chi connectivity index (χ0n) is 20.0. The zero-order valence-corrected chi connectivity index (χ0v) is 22.1. The number of rotatable bonds is 10. The van der Waals surface area contributed by atoms with E-state index in [1.54, 1.807) is 6.07 Å². The van der Waals surface area contributed by atoms with Crippen LogP contribution in [0.3, 0.4) is 0 Å². The molecule has 2 N–H and O–H groups in total. The monoisotopic (exact) mass is 604 g/mol. The lowest BCUT2D eigenvalue weighted by Crippen LogP contribution is -2.04. The molecule has 7 nitrogen and oxygen atoms in total. The van der Waals surface area contributed by atoms with Crippen molar-refractivity contribution >= 4 is 50.9 Å². The number of fused-ring (bicyclic) bond motifs is 1. The van der Waals surface area contributed by atoms with Gasteiger partial charge in [-0.05, 0) is 42.0 Å². The maximum Gasteiger partial charge on any atom is 0.167 e. The Morgan fingerprint density at radius 2 is 1.86 bits per heavy atom. The van der Waals surface area contributed by atoms with Crippen LogP contribution in [0.4, 0.5) is 11.5 Å². The van der Waals surface area contributed by atoms with E-state index in [1.807, 2.05) is 83.6 Å². The van der Waals surface area contributed by atoms with Gasteiger partial charge in [-0.1, -0.05) is 65.1 Å². The number of ether oxygens (including phenoxy) is 1. The summed E-state index contributed by atoms with van der Waals surface area (Å²) in [6.45, 7) is 0.492. The Kier molecular flexibility index (Phi) is 7.76. The summed E-state index contributed by atoms with van der Waals surface area (Å²) in [6, 6.07) is 24.8. The summed E-state index contributed by atoms with van der Waals surface area (Å²) in [4.78, 5) is 21.6. The first-order valence-corrected chi connectivity index (χ1v) is 13.4. The van der Waals surface area contributed by atoms with E-state index in [-0.39, 0.29) is 12.4 Å². The van der Waals surface area contributed by atoms with Gasteiger partial charge in [0, 0.05) is 40.4 Å². The summed E-state index contributed by atoms with van der Waals surface area (Å²) < 4.78 is 8.88. The molecule has 2 aromatic heterocycles. The molecule has 5 rings (SSSR count). The van der Waals surface area contributed by atoms with Crippen molar-refractivity contribution < 1.29 is 14.6 Å². The third-order valence-corrected chi connectivity index (χ3v) is 6.77. The van der Waals surface area contributed by atoms with Crippen LogP contribution in [0.1, 0.15) is 21.5 Å². The van der Waals surface area contributed by atoms with Crippen LogP contribution in [-0.4, -0.2) is 32.0 Å². The second kappa shape index (κ2) is 11.5. The van der Waals surface area contributed by atoms with Crippen LogP contribution in [0.15, 0.2) is 91.4 Å². The smallest absolute Gasteiger partial charge is 0.167 e. The number of halogens is 1. The van der Waals surface area contributed by atoms with E-state index < -0.39 is 0 Å². The normalized spacial score (nSPS) is 11.0. The molecule has 3 aromatic carbocycles. The highest BCUT2D eigenvalue weighted by Crippen LogP contribution is 2.32. The Balaban J connectivity index is 1.35. The van der Waals surface area contributed by atoms with Crippen molar-refractivity contribution in [2.24, 2.45) is 0 Å². The Morgan fingerprint density at radius 3 is 2.68 bits per heavy atom. The fraction of sp³-hybridized carbons (Fsp3) is 0.138. The number of aliphatic hydroxyl groups excluding tert-OH is 1. The van der Waals surface area contributed by atoms with Crippen molar-refractivity contribution in [1.82, 2.24) is 14.5 Å². The number of anilines is 2. The molecule has 0 radical (unpaired) electrons. The standard InChI is InChI=1S/C29H25IN4O3/c30-18-22-16-23(33-29-28-25(31-19-32-29)11-12-34(28)13-14-35)9-10-27(22)37-24-8-4-7-21(17-24)26(36)15-20-5-2-1-3-6-20/h1-12,16-17,19,35H,13-15,18H2,(H,31,32,33). The first-order chi connectivity index (χ1) is 18.1. The van der Waals surface area contributed by atoms with Crippen LogP contribution in [0.2, 0.25) is 0 Å². The van der Waals surface area contributed by atoms with Gasteiger partial charge in [-0.2, -0.15) is 0 Å². The van der Waals surface area contributed by atoms with Crippen LogP contribution in [0, 0.1) is 0 Å². The Hall–Kier alpha value is -3.76. The number of aliphatic hydroxyl groups is 1. The van der Waals surface area contributed by atoms with Gasteiger partial charge in [-0.3, -0.25) is 4.79 Å². The van der Waals surface area contributed by atoms with E-state index in [4.69, 9.17) is 4.74 Å². The topological polar surface area (TPSA) is 89.3 Å². The lowest BCUT2D eigenvalue weighted by Gasteiger charge is -2.14. The third-order valence-electron chi connectivity index (χ3n) is 5.95. The van der Waals surface area contributed by atoms with Gasteiger partial charge in [0.25, 0.3) is 0 Å². The van der Waals surface area contributed by atoms with Crippen molar-refractivity contribution in [3.8, 4) is 11.5 Å². The molecule has 5 aromatic rings. The van der Waals surface area contributed by atoms with Gasteiger partial charge >= 0.3 is 0 Å². The van der Waals surface area contributed by atoms with Crippen LogP contribution in [-0.2, 0) is 17.4 Å². The highest BCUT2D eigenvalue weighted by atomic mass is 127. The van der Waals surface area contributed by atoms with Crippen molar-refractivity contribution in [2.45, 2.75) is 17.4 Å². The summed E-state index contributed by atoms with van der Waals surface area (Å²) >= 11 is 2.31. The summed E-state index contributed by atoms with van der Waals surface area (Å²) in [6.07, 6.45) is 3.77. The molecule has 0 saturated carbocycles. The van der Waals surface area contributed by atoms with Crippen LogP contribution in [0.5, 0.6) is 11.5 Å². The fourth-order valence-electron chi connectivity index (χ4n) is 4.16. The largest absolute Gasteiger partial charge is 0.457 e. The number of nitrogens with zero attached hydrogens (tertiary/aromatic N) is 3. The van der Waals surface area contributed by atoms with Gasteiger partial charge in [0.15, 0.2) is 11.6 Å². The number of carbonyl (C=O) groups excluding carboxylic acids is 1. The average Bonchev–Trinajstić information content (AvgIpc) is 3.34. The van der Waals surface area contributed by atoms with Crippen LogP contribution < -0.4 is 10.1 Å². The average molecular weight is 604 g/mol.